The third-order valence-electron chi connectivity index (χ3n) is 2.79. The number of nitrogens with zero attached hydrogens (tertiary/aromatic N) is 1. The first-order valence-electron chi connectivity index (χ1n) is 6.53. The van der Waals surface area contributed by atoms with Crippen LogP contribution in [0.25, 0.3) is 0 Å². The molecule has 1 heterocycles. The van der Waals surface area contributed by atoms with Crippen LogP contribution in [0.5, 0.6) is 0 Å². The van der Waals surface area contributed by atoms with E-state index in [9.17, 15) is 19.2 Å². The first-order chi connectivity index (χ1) is 10.3. The Balaban J connectivity index is 2.38. The second kappa shape index (κ2) is 8.23. The van der Waals surface area contributed by atoms with Gasteiger partial charge in [0.2, 0.25) is 5.91 Å². The maximum absolute atomic E-state index is 11.8. The van der Waals surface area contributed by atoms with Gasteiger partial charge in [-0.15, -0.1) is 0 Å². The van der Waals surface area contributed by atoms with Crippen LogP contribution in [0.3, 0.4) is 0 Å². The fourth-order valence-corrected chi connectivity index (χ4v) is 2.15. The molecule has 0 bridgehead atoms. The van der Waals surface area contributed by atoms with Gasteiger partial charge in [-0.05, 0) is 6.92 Å². The molecule has 0 radical (unpaired) electrons. The SMILES string of the molecule is C[C@H](CC(=O)CNc1ncc(C=O)s1)C(=O)N[C@@H](C)C(=O)O. The number of anilines is 1. The van der Waals surface area contributed by atoms with E-state index in [1.165, 1.54) is 13.1 Å². The van der Waals surface area contributed by atoms with Crippen molar-refractivity contribution in [2.45, 2.75) is 26.3 Å². The summed E-state index contributed by atoms with van der Waals surface area (Å²) in [5.41, 5.74) is 0. The lowest BCUT2D eigenvalue weighted by molar-refractivity contribution is -0.141. The Morgan fingerprint density at radius 1 is 1.41 bits per heavy atom. The van der Waals surface area contributed by atoms with E-state index in [-0.39, 0.29) is 18.7 Å². The third kappa shape index (κ3) is 5.60. The molecule has 0 aliphatic heterocycles. The number of amides is 1. The van der Waals surface area contributed by atoms with Gasteiger partial charge in [0.15, 0.2) is 17.2 Å². The molecule has 8 nitrogen and oxygen atoms in total. The average Bonchev–Trinajstić information content (AvgIpc) is 2.92. The molecule has 0 fully saturated rings. The number of thiazole rings is 1. The molecule has 22 heavy (non-hydrogen) atoms. The summed E-state index contributed by atoms with van der Waals surface area (Å²) in [5.74, 6) is -2.46. The number of rotatable bonds is 9. The van der Waals surface area contributed by atoms with Crippen molar-refractivity contribution >= 4 is 40.4 Å². The standard InChI is InChI=1S/C13H17N3O5S/c1-7(11(19)16-8(2)12(20)21)3-9(18)4-14-13-15-5-10(6-17)22-13/h5-8H,3-4H2,1-2H3,(H,14,15)(H,16,19)(H,20,21)/t7-,8+/m1/s1. The number of hydrogen-bond acceptors (Lipinski definition) is 7. The molecular formula is C13H17N3O5S. The van der Waals surface area contributed by atoms with Crippen molar-refractivity contribution in [3.8, 4) is 0 Å². The van der Waals surface area contributed by atoms with Crippen LogP contribution in [0.15, 0.2) is 6.20 Å². The quantitative estimate of drug-likeness (QED) is 0.565. The van der Waals surface area contributed by atoms with E-state index in [1.54, 1.807) is 6.92 Å². The molecule has 9 heteroatoms. The largest absolute Gasteiger partial charge is 0.480 e. The molecule has 0 spiro atoms. The molecule has 0 saturated carbocycles. The summed E-state index contributed by atoms with van der Waals surface area (Å²) in [6.45, 7) is 2.89. The summed E-state index contributed by atoms with van der Waals surface area (Å²) in [4.78, 5) is 49.0. The molecule has 3 N–H and O–H groups in total. The highest BCUT2D eigenvalue weighted by Crippen LogP contribution is 2.15. The van der Waals surface area contributed by atoms with Crippen LogP contribution < -0.4 is 10.6 Å². The first kappa shape index (κ1) is 17.8. The number of aldehydes is 1. The van der Waals surface area contributed by atoms with Crippen LogP contribution in [0.4, 0.5) is 5.13 Å². The van der Waals surface area contributed by atoms with E-state index < -0.39 is 23.8 Å². The fourth-order valence-electron chi connectivity index (χ4n) is 1.52. The van der Waals surface area contributed by atoms with Crippen molar-refractivity contribution in [3.63, 3.8) is 0 Å². The molecule has 0 aromatic carbocycles. The van der Waals surface area contributed by atoms with Crippen molar-refractivity contribution in [2.24, 2.45) is 5.92 Å². The van der Waals surface area contributed by atoms with Gasteiger partial charge in [0.1, 0.15) is 6.04 Å². The average molecular weight is 327 g/mol. The molecule has 2 atom stereocenters. The minimum absolute atomic E-state index is 0.0160. The number of aliphatic carboxylic acids is 1. The smallest absolute Gasteiger partial charge is 0.325 e. The predicted octanol–water partition coefficient (Wildman–Crippen LogP) is 0.552. The van der Waals surface area contributed by atoms with E-state index in [0.717, 1.165) is 11.3 Å². The van der Waals surface area contributed by atoms with Gasteiger partial charge in [-0.1, -0.05) is 18.3 Å². The number of carboxylic acids is 1. The van der Waals surface area contributed by atoms with Crippen molar-refractivity contribution in [1.29, 1.82) is 0 Å². The lowest BCUT2D eigenvalue weighted by Crippen LogP contribution is -2.41. The first-order valence-corrected chi connectivity index (χ1v) is 7.35. The van der Waals surface area contributed by atoms with E-state index in [2.05, 4.69) is 15.6 Å². The molecule has 1 aromatic rings. The minimum atomic E-state index is -1.14. The molecule has 0 unspecified atom stereocenters. The topological polar surface area (TPSA) is 125 Å². The summed E-state index contributed by atoms with van der Waals surface area (Å²) in [6, 6.07) is -1.000. The molecule has 1 aromatic heterocycles. The van der Waals surface area contributed by atoms with Gasteiger partial charge in [-0.3, -0.25) is 19.2 Å². The van der Waals surface area contributed by atoms with Gasteiger partial charge >= 0.3 is 5.97 Å². The second-order valence-electron chi connectivity index (χ2n) is 4.75. The molecule has 1 rings (SSSR count). The van der Waals surface area contributed by atoms with Gasteiger partial charge in [-0.25, -0.2) is 4.98 Å². The predicted molar refractivity (Wildman–Crippen MR) is 80.0 cm³/mol. The van der Waals surface area contributed by atoms with Crippen LogP contribution in [-0.4, -0.2) is 46.6 Å². The van der Waals surface area contributed by atoms with Gasteiger partial charge in [-0.2, -0.15) is 0 Å². The summed E-state index contributed by atoms with van der Waals surface area (Å²) >= 11 is 1.12. The number of carboxylic acid groups (broad SMARTS) is 1. The van der Waals surface area contributed by atoms with Crippen LogP contribution in [-0.2, 0) is 14.4 Å². The zero-order chi connectivity index (χ0) is 16.7. The monoisotopic (exact) mass is 327 g/mol. The summed E-state index contributed by atoms with van der Waals surface area (Å²) in [5, 5.41) is 14.2. The zero-order valence-electron chi connectivity index (χ0n) is 12.2. The van der Waals surface area contributed by atoms with Crippen LogP contribution >= 0.6 is 11.3 Å². The highest BCUT2D eigenvalue weighted by molar-refractivity contribution is 7.17. The maximum Gasteiger partial charge on any atom is 0.325 e. The molecule has 0 saturated heterocycles. The van der Waals surface area contributed by atoms with E-state index in [1.807, 2.05) is 0 Å². The van der Waals surface area contributed by atoms with Crippen LogP contribution in [0.2, 0.25) is 0 Å². The number of ketones is 1. The van der Waals surface area contributed by atoms with E-state index in [4.69, 9.17) is 5.11 Å². The lowest BCUT2D eigenvalue weighted by Gasteiger charge is -2.14. The highest BCUT2D eigenvalue weighted by atomic mass is 32.1. The molecule has 0 aliphatic carbocycles. The zero-order valence-corrected chi connectivity index (χ0v) is 13.0. The number of carbonyl (C=O) groups excluding carboxylic acids is 3. The maximum atomic E-state index is 11.8. The minimum Gasteiger partial charge on any atom is -0.480 e. The molecule has 1 amide bonds. The Kier molecular flexibility index (Phi) is 6.64. The summed E-state index contributed by atoms with van der Waals surface area (Å²) < 4.78 is 0. The summed E-state index contributed by atoms with van der Waals surface area (Å²) in [7, 11) is 0. The van der Waals surface area contributed by atoms with Crippen molar-refractivity contribution in [2.75, 3.05) is 11.9 Å². The van der Waals surface area contributed by atoms with Gasteiger partial charge in [0, 0.05) is 12.3 Å². The van der Waals surface area contributed by atoms with Crippen molar-refractivity contribution in [3.05, 3.63) is 11.1 Å². The van der Waals surface area contributed by atoms with Gasteiger partial charge < -0.3 is 15.7 Å². The normalized spacial score (nSPS) is 13.0. The number of carbonyl (C=O) groups is 4. The van der Waals surface area contributed by atoms with Crippen molar-refractivity contribution < 1.29 is 24.3 Å². The number of aromatic nitrogens is 1. The second-order valence-corrected chi connectivity index (χ2v) is 5.81. The Morgan fingerprint density at radius 3 is 2.64 bits per heavy atom. The molecular weight excluding hydrogens is 310 g/mol. The van der Waals surface area contributed by atoms with Crippen LogP contribution in [0, 0.1) is 5.92 Å². The van der Waals surface area contributed by atoms with Crippen molar-refractivity contribution in [1.82, 2.24) is 10.3 Å². The summed E-state index contributed by atoms with van der Waals surface area (Å²) in [6.07, 6.45) is 2.05. The number of nitrogens with one attached hydrogen (secondary N) is 2. The lowest BCUT2D eigenvalue weighted by atomic mass is 10.0. The number of Topliss-reactive ketones (excluding diaryl/α,β-unsaturated/α-hetero) is 1. The van der Waals surface area contributed by atoms with Crippen LogP contribution in [0.1, 0.15) is 29.9 Å². The molecule has 0 aliphatic rings. The van der Waals surface area contributed by atoms with Gasteiger partial charge in [0.25, 0.3) is 0 Å². The molecule has 120 valence electrons. The Labute approximate surface area is 130 Å². The van der Waals surface area contributed by atoms with Gasteiger partial charge in [0.05, 0.1) is 17.6 Å². The fraction of sp³-hybridized carbons (Fsp3) is 0.462. The Morgan fingerprint density at radius 2 is 2.09 bits per heavy atom. The number of hydrogen-bond donors (Lipinski definition) is 3. The van der Waals surface area contributed by atoms with E-state index >= 15 is 0 Å². The Hall–Kier alpha value is -2.29. The van der Waals surface area contributed by atoms with E-state index in [0.29, 0.717) is 16.3 Å². The third-order valence-corrected chi connectivity index (χ3v) is 3.67. The Bertz CT molecular complexity index is 572. The highest BCUT2D eigenvalue weighted by Gasteiger charge is 2.21.